The largest absolute Gasteiger partial charge is 0.487 e. The number of H-pyrrole nitrogens is 1. The lowest BCUT2D eigenvalue weighted by Gasteiger charge is -2.35. The van der Waals surface area contributed by atoms with Gasteiger partial charge in [-0.15, -0.1) is 0 Å². The molecule has 0 radical (unpaired) electrons. The summed E-state index contributed by atoms with van der Waals surface area (Å²) in [6.45, 7) is -0.829. The molecule has 0 aromatic carbocycles. The van der Waals surface area contributed by atoms with Gasteiger partial charge in [0.1, 0.15) is 48.5 Å². The fourth-order valence-electron chi connectivity index (χ4n) is 3.74. The number of ether oxygens (including phenoxy) is 2. The van der Waals surface area contributed by atoms with Crippen LogP contribution >= 0.6 is 15.4 Å². The van der Waals surface area contributed by atoms with Crippen LogP contribution in [0, 0.1) is 0 Å². The molecular weight excluding hydrogens is 576 g/mol. The van der Waals surface area contributed by atoms with Crippen molar-refractivity contribution in [1.82, 2.24) is 14.9 Å². The van der Waals surface area contributed by atoms with Crippen LogP contribution in [-0.2, 0) is 32.2 Å². The Morgan fingerprint density at radius 1 is 1.13 bits per heavy atom. The zero-order valence-electron chi connectivity index (χ0n) is 20.0. The van der Waals surface area contributed by atoms with Gasteiger partial charge in [0.15, 0.2) is 6.23 Å². The number of aliphatic hydroxyl groups is 5. The topological polar surface area (TPSA) is 297 Å². The number of hydrogen-bond acceptors (Lipinski definition) is 14. The van der Waals surface area contributed by atoms with Crippen LogP contribution in [0.1, 0.15) is 13.2 Å². The molecular formula is C18H27N3O16P2. The van der Waals surface area contributed by atoms with Crippen LogP contribution in [0.4, 0.5) is 0 Å². The van der Waals surface area contributed by atoms with Crippen molar-refractivity contribution < 1.29 is 67.6 Å². The zero-order valence-corrected chi connectivity index (χ0v) is 21.8. The average molecular weight is 603 g/mol. The number of phosphoric ester groups is 1. The second kappa shape index (κ2) is 12.1. The molecule has 0 saturated carbocycles. The first-order valence-corrected chi connectivity index (χ1v) is 14.3. The third-order valence-corrected chi connectivity index (χ3v) is 8.53. The van der Waals surface area contributed by atoms with E-state index in [0.717, 1.165) is 23.8 Å². The van der Waals surface area contributed by atoms with Gasteiger partial charge in [0.05, 0.1) is 18.9 Å². The van der Waals surface area contributed by atoms with Crippen molar-refractivity contribution in [1.29, 1.82) is 0 Å². The maximum absolute atomic E-state index is 12.6. The quantitative estimate of drug-likeness (QED) is 0.115. The Bertz CT molecular complexity index is 1310. The van der Waals surface area contributed by atoms with Crippen molar-refractivity contribution in [2.75, 3.05) is 19.4 Å². The Balaban J connectivity index is 1.70. The van der Waals surface area contributed by atoms with Crippen molar-refractivity contribution >= 4 is 21.3 Å². The Morgan fingerprint density at radius 2 is 1.79 bits per heavy atom. The SMILES string of the molecule is CC(=O)NC1=C(CP(=O)(O)OP(=O)(O)OC[C@H]2O[C@@H](n3ccc(=O)[nH]c3=O)[C@H](O)[C@@H]2O)O[C@H](CO)[C@@H](O)[C@@H]1O. The van der Waals surface area contributed by atoms with E-state index < -0.39 is 106 Å². The van der Waals surface area contributed by atoms with Gasteiger partial charge in [-0.3, -0.25) is 28.2 Å². The monoisotopic (exact) mass is 603 g/mol. The molecule has 0 spiro atoms. The van der Waals surface area contributed by atoms with E-state index in [0.29, 0.717) is 0 Å². The number of rotatable bonds is 10. The number of carbonyl (C=O) groups is 1. The normalized spacial score (nSPS) is 32.3. The van der Waals surface area contributed by atoms with Crippen molar-refractivity contribution in [2.45, 2.75) is 49.8 Å². The Hall–Kier alpha value is -2.25. The van der Waals surface area contributed by atoms with Crippen LogP contribution in [0.5, 0.6) is 0 Å². The number of allylic oxidation sites excluding steroid dienone is 1. The predicted octanol–water partition coefficient (Wildman–Crippen LogP) is -4.06. The van der Waals surface area contributed by atoms with Crippen molar-refractivity contribution in [3.63, 3.8) is 0 Å². The van der Waals surface area contributed by atoms with Crippen molar-refractivity contribution in [3.8, 4) is 0 Å². The number of aromatic amines is 1. The molecule has 1 fully saturated rings. The van der Waals surface area contributed by atoms with Crippen LogP contribution in [0.15, 0.2) is 33.3 Å². The molecule has 1 saturated heterocycles. The number of nitrogens with zero attached hydrogens (tertiary/aromatic N) is 1. The number of amides is 1. The molecule has 3 heterocycles. The number of hydrogen-bond donors (Lipinski definition) is 9. The van der Waals surface area contributed by atoms with E-state index in [1.807, 2.05) is 4.98 Å². The summed E-state index contributed by atoms with van der Waals surface area (Å²) >= 11 is 0. The minimum Gasteiger partial charge on any atom is -0.487 e. The molecule has 2 unspecified atom stereocenters. The van der Waals surface area contributed by atoms with E-state index in [1.165, 1.54) is 0 Å². The molecule has 2 aliphatic rings. The smallest absolute Gasteiger partial charge is 0.479 e. The number of phosphoric acid groups is 1. The minimum atomic E-state index is -5.41. The molecule has 1 aromatic rings. The van der Waals surface area contributed by atoms with Gasteiger partial charge >= 0.3 is 21.1 Å². The Kier molecular flexibility index (Phi) is 9.70. The average Bonchev–Trinajstić information content (AvgIpc) is 3.10. The predicted molar refractivity (Wildman–Crippen MR) is 124 cm³/mol. The van der Waals surface area contributed by atoms with Gasteiger partial charge in [0.25, 0.3) is 5.56 Å². The maximum Gasteiger partial charge on any atom is 0.479 e. The van der Waals surface area contributed by atoms with E-state index in [4.69, 9.17) is 9.47 Å². The maximum atomic E-state index is 12.6. The molecule has 1 amide bonds. The summed E-state index contributed by atoms with van der Waals surface area (Å²) in [6, 6.07) is 0.938. The summed E-state index contributed by atoms with van der Waals surface area (Å²) in [5, 5.41) is 52.0. The lowest BCUT2D eigenvalue weighted by molar-refractivity contribution is -0.121. The standard InChI is InChI=1S/C18H27N3O16P2/c1-7(23)19-12-10(35-8(4-22)13(25)15(12)27)6-38(30,31)37-39(32,33)34-5-9-14(26)16(28)17(36-9)21-3-2-11(24)20-18(21)29/h2-3,8-9,13-17,22,25-28H,4-6H2,1H3,(H,19,23)(H,30,31)(H,32,33)(H,20,24,29)/t8-,9-,13-,14-,15-,16-,17-/m1/s1. The molecule has 0 aliphatic carbocycles. The molecule has 21 heteroatoms. The van der Waals surface area contributed by atoms with Gasteiger partial charge in [-0.1, -0.05) is 0 Å². The highest BCUT2D eigenvalue weighted by molar-refractivity contribution is 7.64. The molecule has 1 aromatic heterocycles. The molecule has 19 nitrogen and oxygen atoms in total. The third kappa shape index (κ3) is 7.49. The van der Waals surface area contributed by atoms with Crippen molar-refractivity contribution in [2.24, 2.45) is 0 Å². The van der Waals surface area contributed by atoms with Crippen molar-refractivity contribution in [3.05, 3.63) is 44.6 Å². The van der Waals surface area contributed by atoms with E-state index in [9.17, 15) is 58.8 Å². The fraction of sp³-hybridized carbons (Fsp3) is 0.611. The molecule has 9 N–H and O–H groups in total. The zero-order chi connectivity index (χ0) is 29.3. The molecule has 3 rings (SSSR count). The summed E-state index contributed by atoms with van der Waals surface area (Å²) in [6.07, 6.45) is -12.0. The van der Waals surface area contributed by atoms with E-state index in [1.54, 1.807) is 0 Å². The lowest BCUT2D eigenvalue weighted by atomic mass is 10.0. The fourth-order valence-corrected chi connectivity index (χ4v) is 6.40. The van der Waals surface area contributed by atoms with Gasteiger partial charge in [-0.25, -0.2) is 13.7 Å². The van der Waals surface area contributed by atoms with E-state index >= 15 is 0 Å². The van der Waals surface area contributed by atoms with Gasteiger partial charge in [-0.2, -0.15) is 0 Å². The Morgan fingerprint density at radius 3 is 2.38 bits per heavy atom. The van der Waals surface area contributed by atoms with Gasteiger partial charge < -0.3 is 50.1 Å². The second-order valence-electron chi connectivity index (χ2n) is 8.50. The Labute approximate surface area is 218 Å². The summed E-state index contributed by atoms with van der Waals surface area (Å²) in [7, 11) is -10.6. The summed E-state index contributed by atoms with van der Waals surface area (Å²) in [5.74, 6) is -1.41. The first kappa shape index (κ1) is 31.3. The molecule has 39 heavy (non-hydrogen) atoms. The first-order chi connectivity index (χ1) is 18.0. The number of nitrogens with one attached hydrogen (secondary N) is 2. The van der Waals surface area contributed by atoms with Crippen LogP contribution in [0.25, 0.3) is 0 Å². The van der Waals surface area contributed by atoms with E-state index in [-0.39, 0.29) is 0 Å². The molecule has 220 valence electrons. The highest BCUT2D eigenvalue weighted by Gasteiger charge is 2.46. The number of aliphatic hydroxyl groups excluding tert-OH is 5. The highest BCUT2D eigenvalue weighted by atomic mass is 31.3. The van der Waals surface area contributed by atoms with Crippen LogP contribution in [0.2, 0.25) is 0 Å². The summed E-state index contributed by atoms with van der Waals surface area (Å²) in [4.78, 5) is 56.7. The molecule has 9 atom stereocenters. The number of carbonyl (C=O) groups excluding carboxylic acids is 1. The summed E-state index contributed by atoms with van der Waals surface area (Å²) < 4.78 is 45.2. The van der Waals surface area contributed by atoms with Crippen LogP contribution in [0.3, 0.4) is 0 Å². The van der Waals surface area contributed by atoms with E-state index in [2.05, 4.69) is 14.2 Å². The molecule has 0 bridgehead atoms. The molecule has 2 aliphatic heterocycles. The first-order valence-electron chi connectivity index (χ1n) is 11.0. The van der Waals surface area contributed by atoms with Gasteiger partial charge in [0.2, 0.25) is 5.91 Å². The minimum absolute atomic E-state index is 0.550. The number of aromatic nitrogens is 2. The summed E-state index contributed by atoms with van der Waals surface area (Å²) in [5.41, 5.74) is -2.28. The second-order valence-corrected chi connectivity index (χ2v) is 11.9. The van der Waals surface area contributed by atoms with Crippen LogP contribution in [-0.4, -0.2) is 107 Å². The third-order valence-electron chi connectivity index (χ3n) is 5.52. The lowest BCUT2D eigenvalue weighted by Crippen LogP contribution is -2.50. The van der Waals surface area contributed by atoms with Gasteiger partial charge in [0, 0.05) is 19.2 Å². The van der Waals surface area contributed by atoms with Crippen LogP contribution < -0.4 is 16.6 Å². The highest BCUT2D eigenvalue weighted by Crippen LogP contribution is 2.61. The van der Waals surface area contributed by atoms with Gasteiger partial charge in [-0.05, 0) is 0 Å².